The van der Waals surface area contributed by atoms with Crippen LogP contribution in [0.1, 0.15) is 39.0 Å². The zero-order chi connectivity index (χ0) is 14.5. The van der Waals surface area contributed by atoms with Crippen LogP contribution in [0, 0.1) is 5.92 Å². The van der Waals surface area contributed by atoms with Crippen LogP contribution >= 0.6 is 0 Å². The highest BCUT2D eigenvalue weighted by Crippen LogP contribution is 2.32. The fourth-order valence-corrected chi connectivity index (χ4v) is 2.43. The number of carbonyl (C=O) groups excluding carboxylic acids is 1. The molecule has 0 radical (unpaired) electrons. The lowest BCUT2D eigenvalue weighted by molar-refractivity contribution is -0.150. The molecule has 6 nitrogen and oxygen atoms in total. The summed E-state index contributed by atoms with van der Waals surface area (Å²) in [4.78, 5) is 23.4. The number of amides is 1. The molecule has 0 aromatic carbocycles. The smallest absolute Gasteiger partial charge is 0.329 e. The minimum Gasteiger partial charge on any atom is -0.480 e. The van der Waals surface area contributed by atoms with Gasteiger partial charge in [0.1, 0.15) is 5.54 Å². The molecule has 1 rings (SSSR count). The molecule has 110 valence electrons. The van der Waals surface area contributed by atoms with Crippen LogP contribution in [0.4, 0.5) is 0 Å². The average Bonchev–Trinajstić information content (AvgIpc) is 2.38. The molecule has 1 amide bonds. The Balaban J connectivity index is 2.64. The molecule has 1 saturated carbocycles. The Morgan fingerprint density at radius 3 is 2.47 bits per heavy atom. The van der Waals surface area contributed by atoms with Crippen molar-refractivity contribution in [1.29, 1.82) is 0 Å². The summed E-state index contributed by atoms with van der Waals surface area (Å²) in [6.45, 7) is 2.34. The van der Waals surface area contributed by atoms with E-state index in [9.17, 15) is 14.7 Å². The molecule has 19 heavy (non-hydrogen) atoms. The molecule has 1 atom stereocenters. The lowest BCUT2D eigenvalue weighted by Gasteiger charge is -2.36. The molecule has 1 unspecified atom stereocenters. The maximum atomic E-state index is 11.9. The van der Waals surface area contributed by atoms with Crippen LogP contribution in [0.25, 0.3) is 0 Å². The Bertz CT molecular complexity index is 321. The van der Waals surface area contributed by atoms with Crippen LogP contribution in [0.3, 0.4) is 0 Å². The van der Waals surface area contributed by atoms with Gasteiger partial charge in [0.05, 0.1) is 12.5 Å². The van der Waals surface area contributed by atoms with Crippen molar-refractivity contribution in [2.24, 2.45) is 11.7 Å². The van der Waals surface area contributed by atoms with Gasteiger partial charge in [-0.15, -0.1) is 0 Å². The molecule has 1 fully saturated rings. The number of rotatable bonds is 6. The van der Waals surface area contributed by atoms with E-state index in [2.05, 4.69) is 12.2 Å². The van der Waals surface area contributed by atoms with Gasteiger partial charge >= 0.3 is 5.97 Å². The monoisotopic (exact) mass is 272 g/mol. The first-order valence-corrected chi connectivity index (χ1v) is 6.71. The highest BCUT2D eigenvalue weighted by Gasteiger charge is 2.42. The number of nitrogens with two attached hydrogens (primary N) is 1. The zero-order valence-electron chi connectivity index (χ0n) is 11.6. The molecule has 0 aromatic rings. The van der Waals surface area contributed by atoms with Gasteiger partial charge in [0.25, 0.3) is 0 Å². The molecule has 6 heteroatoms. The van der Waals surface area contributed by atoms with E-state index in [4.69, 9.17) is 10.5 Å². The second kappa shape index (κ2) is 6.86. The van der Waals surface area contributed by atoms with Crippen molar-refractivity contribution >= 4 is 11.9 Å². The van der Waals surface area contributed by atoms with Crippen molar-refractivity contribution in [2.45, 2.75) is 50.7 Å². The van der Waals surface area contributed by atoms with Crippen LogP contribution in [-0.4, -0.2) is 42.3 Å². The summed E-state index contributed by atoms with van der Waals surface area (Å²) < 4.78 is 5.04. The first-order valence-electron chi connectivity index (χ1n) is 6.71. The van der Waals surface area contributed by atoms with E-state index >= 15 is 0 Å². The lowest BCUT2D eigenvalue weighted by Crippen LogP contribution is -2.56. The third-order valence-electron chi connectivity index (χ3n) is 3.93. The van der Waals surface area contributed by atoms with E-state index in [0.717, 1.165) is 12.8 Å². The topological polar surface area (TPSA) is 102 Å². The van der Waals surface area contributed by atoms with Crippen molar-refractivity contribution in [3.05, 3.63) is 0 Å². The van der Waals surface area contributed by atoms with Gasteiger partial charge in [-0.25, -0.2) is 4.79 Å². The van der Waals surface area contributed by atoms with Crippen molar-refractivity contribution < 1.29 is 19.4 Å². The SMILES string of the molecule is COC(CN)CC(=O)NC1(C(=O)O)CCC(C)CC1. The van der Waals surface area contributed by atoms with E-state index in [1.54, 1.807) is 0 Å². The highest BCUT2D eigenvalue weighted by atomic mass is 16.5. The minimum atomic E-state index is -1.11. The van der Waals surface area contributed by atoms with Gasteiger partial charge in [0, 0.05) is 13.7 Å². The Kier molecular flexibility index (Phi) is 5.75. The van der Waals surface area contributed by atoms with Crippen LogP contribution in [0.2, 0.25) is 0 Å². The van der Waals surface area contributed by atoms with Crippen molar-refractivity contribution in [3.8, 4) is 0 Å². The number of hydrogen-bond acceptors (Lipinski definition) is 4. The summed E-state index contributed by atoms with van der Waals surface area (Å²) in [7, 11) is 1.49. The fourth-order valence-electron chi connectivity index (χ4n) is 2.43. The van der Waals surface area contributed by atoms with Crippen LogP contribution in [0.5, 0.6) is 0 Å². The second-order valence-corrected chi connectivity index (χ2v) is 5.42. The number of carboxylic acids is 1. The van der Waals surface area contributed by atoms with Crippen LogP contribution < -0.4 is 11.1 Å². The van der Waals surface area contributed by atoms with E-state index in [1.807, 2.05) is 0 Å². The maximum Gasteiger partial charge on any atom is 0.329 e. The average molecular weight is 272 g/mol. The minimum absolute atomic E-state index is 0.0948. The molecule has 0 aromatic heterocycles. The summed E-state index contributed by atoms with van der Waals surface area (Å²) in [5.41, 5.74) is 4.34. The molecule has 0 heterocycles. The molecule has 1 aliphatic rings. The van der Waals surface area contributed by atoms with Gasteiger partial charge in [0.2, 0.25) is 5.91 Å². The lowest BCUT2D eigenvalue weighted by atomic mass is 9.77. The summed E-state index contributed by atoms with van der Waals surface area (Å²) in [6, 6.07) is 0. The number of hydrogen-bond donors (Lipinski definition) is 3. The van der Waals surface area contributed by atoms with Gasteiger partial charge in [-0.2, -0.15) is 0 Å². The molecule has 0 bridgehead atoms. The third-order valence-corrected chi connectivity index (χ3v) is 3.93. The maximum absolute atomic E-state index is 11.9. The highest BCUT2D eigenvalue weighted by molar-refractivity contribution is 5.87. The largest absolute Gasteiger partial charge is 0.480 e. The third kappa shape index (κ3) is 4.18. The van der Waals surface area contributed by atoms with E-state index in [0.29, 0.717) is 18.8 Å². The number of nitrogens with one attached hydrogen (secondary N) is 1. The Hall–Kier alpha value is -1.14. The Morgan fingerprint density at radius 1 is 1.47 bits per heavy atom. The standard InChI is InChI=1S/C13H24N2O4/c1-9-3-5-13(6-4-9,12(17)18)15-11(16)7-10(8-14)19-2/h9-10H,3-8,14H2,1-2H3,(H,15,16)(H,17,18). The van der Waals surface area contributed by atoms with Crippen molar-refractivity contribution in [2.75, 3.05) is 13.7 Å². The number of carbonyl (C=O) groups is 2. The molecule has 0 saturated heterocycles. The molecule has 4 N–H and O–H groups in total. The quantitative estimate of drug-likeness (QED) is 0.653. The van der Waals surface area contributed by atoms with Crippen LogP contribution in [-0.2, 0) is 14.3 Å². The number of aliphatic carboxylic acids is 1. The molecular weight excluding hydrogens is 248 g/mol. The summed E-state index contributed by atoms with van der Waals surface area (Å²) in [5, 5.41) is 12.1. The summed E-state index contributed by atoms with van der Waals surface area (Å²) >= 11 is 0. The fraction of sp³-hybridized carbons (Fsp3) is 0.846. The zero-order valence-corrected chi connectivity index (χ0v) is 11.6. The van der Waals surface area contributed by atoms with Crippen molar-refractivity contribution in [3.63, 3.8) is 0 Å². The first-order chi connectivity index (χ1) is 8.93. The van der Waals surface area contributed by atoms with Gasteiger partial charge < -0.3 is 20.9 Å². The first kappa shape index (κ1) is 15.9. The second-order valence-electron chi connectivity index (χ2n) is 5.42. The van der Waals surface area contributed by atoms with Gasteiger partial charge in [-0.3, -0.25) is 4.79 Å². The van der Waals surface area contributed by atoms with E-state index in [-0.39, 0.29) is 25.0 Å². The molecule has 1 aliphatic carbocycles. The number of ether oxygens (including phenoxy) is 1. The van der Waals surface area contributed by atoms with E-state index in [1.165, 1.54) is 7.11 Å². The van der Waals surface area contributed by atoms with Gasteiger partial charge in [-0.1, -0.05) is 6.92 Å². The number of carboxylic acid groups (broad SMARTS) is 1. The van der Waals surface area contributed by atoms with Crippen molar-refractivity contribution in [1.82, 2.24) is 5.32 Å². The van der Waals surface area contributed by atoms with Gasteiger partial charge in [-0.05, 0) is 31.6 Å². The molecular formula is C13H24N2O4. The van der Waals surface area contributed by atoms with Crippen LogP contribution in [0.15, 0.2) is 0 Å². The molecule has 0 spiro atoms. The summed E-state index contributed by atoms with van der Waals surface area (Å²) in [5.74, 6) is -0.746. The predicted octanol–water partition coefficient (Wildman–Crippen LogP) is 0.500. The normalized spacial score (nSPS) is 28.7. The van der Waals surface area contributed by atoms with Gasteiger partial charge in [0.15, 0.2) is 0 Å². The summed E-state index contributed by atoms with van der Waals surface area (Å²) in [6.07, 6.45) is 2.32. The Morgan fingerprint density at radius 2 is 2.05 bits per heavy atom. The van der Waals surface area contributed by atoms with E-state index < -0.39 is 11.5 Å². The Labute approximate surface area is 113 Å². The predicted molar refractivity (Wildman–Crippen MR) is 70.6 cm³/mol. The molecule has 0 aliphatic heterocycles. The number of methoxy groups -OCH3 is 1.